The first kappa shape index (κ1) is 16.4. The Kier molecular flexibility index (Phi) is 5.48. The number of halogens is 1. The van der Waals surface area contributed by atoms with E-state index in [0.717, 1.165) is 6.42 Å². The molecule has 0 bridgehead atoms. The van der Waals surface area contributed by atoms with Gasteiger partial charge in [-0.05, 0) is 34.8 Å². The highest BCUT2D eigenvalue weighted by Gasteiger charge is 2.32. The molecule has 118 valence electrons. The Balaban J connectivity index is 1.82. The zero-order chi connectivity index (χ0) is 16.1. The van der Waals surface area contributed by atoms with Crippen LogP contribution in [0.4, 0.5) is 0 Å². The van der Waals surface area contributed by atoms with Crippen LogP contribution in [0.2, 0.25) is 0 Å². The molecule has 7 nitrogen and oxygen atoms in total. The maximum absolute atomic E-state index is 12.1. The predicted molar refractivity (Wildman–Crippen MR) is 82.8 cm³/mol. The summed E-state index contributed by atoms with van der Waals surface area (Å²) in [7, 11) is 0. The maximum Gasteiger partial charge on any atom is 0.252 e. The fourth-order valence-electron chi connectivity index (χ4n) is 2.43. The van der Waals surface area contributed by atoms with E-state index in [1.165, 1.54) is 11.1 Å². The number of nitrogens with one attached hydrogen (secondary N) is 1. The third-order valence-electron chi connectivity index (χ3n) is 3.49. The highest BCUT2D eigenvalue weighted by atomic mass is 79.9. The lowest BCUT2D eigenvalue weighted by atomic mass is 10.2. The highest BCUT2D eigenvalue weighted by molar-refractivity contribution is 9.10. The fraction of sp³-hybridized carbons (Fsp3) is 0.429. The van der Waals surface area contributed by atoms with Crippen molar-refractivity contribution in [2.24, 2.45) is 5.73 Å². The van der Waals surface area contributed by atoms with Gasteiger partial charge in [-0.25, -0.2) is 0 Å². The van der Waals surface area contributed by atoms with Crippen molar-refractivity contribution in [3.8, 4) is 0 Å². The summed E-state index contributed by atoms with van der Waals surface area (Å²) < 4.78 is 0.706. The summed E-state index contributed by atoms with van der Waals surface area (Å²) in [6.45, 7) is 0.738. The summed E-state index contributed by atoms with van der Waals surface area (Å²) >= 11 is 3.24. The van der Waals surface area contributed by atoms with Gasteiger partial charge in [-0.3, -0.25) is 19.4 Å². The van der Waals surface area contributed by atoms with Crippen LogP contribution in [0.25, 0.3) is 0 Å². The van der Waals surface area contributed by atoms with Crippen molar-refractivity contribution >= 4 is 33.7 Å². The van der Waals surface area contributed by atoms with Crippen LogP contribution in [0.1, 0.15) is 29.6 Å². The Hall–Kier alpha value is -1.96. The normalized spacial score (nSPS) is 17.3. The van der Waals surface area contributed by atoms with Crippen molar-refractivity contribution in [2.45, 2.75) is 25.3 Å². The third kappa shape index (κ3) is 4.03. The molecule has 0 aromatic carbocycles. The quantitative estimate of drug-likeness (QED) is 0.786. The fourth-order valence-corrected chi connectivity index (χ4v) is 2.79. The first-order valence-corrected chi connectivity index (χ1v) is 7.76. The number of pyridine rings is 1. The molecule has 1 saturated heterocycles. The van der Waals surface area contributed by atoms with Gasteiger partial charge in [-0.2, -0.15) is 0 Å². The number of amides is 3. The Morgan fingerprint density at radius 2 is 2.18 bits per heavy atom. The van der Waals surface area contributed by atoms with Crippen molar-refractivity contribution in [1.82, 2.24) is 15.2 Å². The maximum atomic E-state index is 12.1. The Bertz CT molecular complexity index is 593. The molecular formula is C14H17BrN4O3. The van der Waals surface area contributed by atoms with Gasteiger partial charge in [-0.15, -0.1) is 0 Å². The summed E-state index contributed by atoms with van der Waals surface area (Å²) in [5.41, 5.74) is 5.69. The standard InChI is InChI=1S/C14H17BrN4O3/c15-10-6-9(7-17-8-10)14(22)18-4-3-12(20)19-5-1-2-11(19)13(16)21/h6-8,11H,1-5H2,(H2,16,21)(H,18,22). The van der Waals surface area contributed by atoms with Gasteiger partial charge >= 0.3 is 0 Å². The zero-order valence-corrected chi connectivity index (χ0v) is 13.5. The number of likely N-dealkylation sites (tertiary alicyclic amines) is 1. The lowest BCUT2D eigenvalue weighted by molar-refractivity contribution is -0.137. The first-order chi connectivity index (χ1) is 10.5. The number of carbonyl (C=O) groups is 3. The number of nitrogens with zero attached hydrogens (tertiary/aromatic N) is 2. The summed E-state index contributed by atoms with van der Waals surface area (Å²) in [6.07, 6.45) is 4.55. The second-order valence-corrected chi connectivity index (χ2v) is 5.96. The summed E-state index contributed by atoms with van der Waals surface area (Å²) in [4.78, 5) is 40.6. The van der Waals surface area contributed by atoms with Crippen LogP contribution in [0.15, 0.2) is 22.9 Å². The minimum absolute atomic E-state index is 0.136. The molecule has 1 aliphatic rings. The summed E-state index contributed by atoms with van der Waals surface area (Å²) in [6, 6.07) is 1.13. The summed E-state index contributed by atoms with van der Waals surface area (Å²) in [5, 5.41) is 2.66. The van der Waals surface area contributed by atoms with Crippen LogP contribution < -0.4 is 11.1 Å². The number of hydrogen-bond acceptors (Lipinski definition) is 4. The zero-order valence-electron chi connectivity index (χ0n) is 11.9. The second-order valence-electron chi connectivity index (χ2n) is 5.05. The number of rotatable bonds is 5. The van der Waals surface area contributed by atoms with Crippen LogP contribution in [0.5, 0.6) is 0 Å². The topological polar surface area (TPSA) is 105 Å². The van der Waals surface area contributed by atoms with Gasteiger partial charge in [0.15, 0.2) is 0 Å². The SMILES string of the molecule is NC(=O)C1CCCN1C(=O)CCNC(=O)c1cncc(Br)c1. The van der Waals surface area contributed by atoms with Gasteiger partial charge < -0.3 is 16.0 Å². The Morgan fingerprint density at radius 3 is 2.86 bits per heavy atom. The molecule has 0 radical (unpaired) electrons. The van der Waals surface area contributed by atoms with E-state index >= 15 is 0 Å². The molecule has 1 aromatic heterocycles. The number of hydrogen-bond donors (Lipinski definition) is 2. The van der Waals surface area contributed by atoms with Crippen LogP contribution in [-0.4, -0.2) is 46.7 Å². The van der Waals surface area contributed by atoms with Crippen LogP contribution >= 0.6 is 15.9 Å². The largest absolute Gasteiger partial charge is 0.368 e. The summed E-state index contributed by atoms with van der Waals surface area (Å²) in [5.74, 6) is -0.946. The number of primary amides is 1. The van der Waals surface area contributed by atoms with Gasteiger partial charge in [-0.1, -0.05) is 0 Å². The highest BCUT2D eigenvalue weighted by Crippen LogP contribution is 2.17. The van der Waals surface area contributed by atoms with Gasteiger partial charge in [0.05, 0.1) is 5.56 Å². The third-order valence-corrected chi connectivity index (χ3v) is 3.93. The lowest BCUT2D eigenvalue weighted by Gasteiger charge is -2.22. The van der Waals surface area contributed by atoms with E-state index < -0.39 is 11.9 Å². The molecule has 1 atom stereocenters. The van der Waals surface area contributed by atoms with E-state index in [4.69, 9.17) is 5.73 Å². The minimum atomic E-state index is -0.516. The smallest absolute Gasteiger partial charge is 0.252 e. The average Bonchev–Trinajstić information content (AvgIpc) is 2.96. The van der Waals surface area contributed by atoms with Gasteiger partial charge in [0, 0.05) is 36.4 Å². The lowest BCUT2D eigenvalue weighted by Crippen LogP contribution is -2.44. The van der Waals surface area contributed by atoms with Crippen molar-refractivity contribution in [1.29, 1.82) is 0 Å². The number of aromatic nitrogens is 1. The molecule has 3 N–H and O–H groups in total. The average molecular weight is 369 g/mol. The molecule has 0 aliphatic carbocycles. The molecule has 0 spiro atoms. The molecule has 1 aliphatic heterocycles. The molecule has 0 saturated carbocycles. The predicted octanol–water partition coefficient (Wildman–Crippen LogP) is 0.440. The molecule has 22 heavy (non-hydrogen) atoms. The van der Waals surface area contributed by atoms with Crippen LogP contribution in [0, 0.1) is 0 Å². The monoisotopic (exact) mass is 368 g/mol. The number of nitrogens with two attached hydrogens (primary N) is 1. The van der Waals surface area contributed by atoms with Crippen LogP contribution in [0.3, 0.4) is 0 Å². The molecule has 1 fully saturated rings. The Labute approximate surface area is 136 Å². The van der Waals surface area contributed by atoms with Crippen molar-refractivity contribution in [2.75, 3.05) is 13.1 Å². The molecular weight excluding hydrogens is 352 g/mol. The molecule has 3 amide bonds. The van der Waals surface area contributed by atoms with E-state index in [0.29, 0.717) is 23.0 Å². The molecule has 2 rings (SSSR count). The van der Waals surface area contributed by atoms with Gasteiger partial charge in [0.25, 0.3) is 5.91 Å². The molecule has 8 heteroatoms. The molecule has 1 unspecified atom stereocenters. The van der Waals surface area contributed by atoms with Crippen molar-refractivity contribution < 1.29 is 14.4 Å². The molecule has 2 heterocycles. The molecule has 1 aromatic rings. The Morgan fingerprint density at radius 1 is 1.41 bits per heavy atom. The van der Waals surface area contributed by atoms with Crippen molar-refractivity contribution in [3.05, 3.63) is 28.5 Å². The van der Waals surface area contributed by atoms with E-state index in [1.54, 1.807) is 12.3 Å². The van der Waals surface area contributed by atoms with E-state index in [2.05, 4.69) is 26.2 Å². The first-order valence-electron chi connectivity index (χ1n) is 6.96. The van der Waals surface area contributed by atoms with Crippen LogP contribution in [-0.2, 0) is 9.59 Å². The van der Waals surface area contributed by atoms with Gasteiger partial charge in [0.1, 0.15) is 6.04 Å². The van der Waals surface area contributed by atoms with E-state index in [9.17, 15) is 14.4 Å². The second kappa shape index (κ2) is 7.35. The minimum Gasteiger partial charge on any atom is -0.368 e. The van der Waals surface area contributed by atoms with E-state index in [1.807, 2.05) is 0 Å². The van der Waals surface area contributed by atoms with Gasteiger partial charge in [0.2, 0.25) is 11.8 Å². The number of carbonyl (C=O) groups excluding carboxylic acids is 3. The van der Waals surface area contributed by atoms with Crippen molar-refractivity contribution in [3.63, 3.8) is 0 Å². The van der Waals surface area contributed by atoms with E-state index in [-0.39, 0.29) is 24.8 Å².